The minimum atomic E-state index is -0.0112. The zero-order valence-electron chi connectivity index (χ0n) is 16.0. The average Bonchev–Trinajstić information content (AvgIpc) is 3.22. The maximum atomic E-state index is 12.9. The second-order valence-corrected chi connectivity index (χ2v) is 7.66. The molecule has 0 aliphatic carbocycles. The quantitative estimate of drug-likeness (QED) is 0.583. The van der Waals surface area contributed by atoms with E-state index in [0.717, 1.165) is 22.4 Å². The molecule has 0 saturated carbocycles. The number of methoxy groups -OCH3 is 1. The average molecular weight is 396 g/mol. The van der Waals surface area contributed by atoms with E-state index >= 15 is 0 Å². The number of amides is 1. The monoisotopic (exact) mass is 395 g/mol. The standard InChI is InChI=1S/C22H22ClN3O2/c1-14(2)12-26-18-7-5-4-6-17(18)24-22(26)15-10-21(27)25(13-15)19-11-16(23)8-9-20(19)28-3/h4-9,11,15H,1,10,12-13H2,2-3H3/t15-/m1/s1. The number of allylic oxidation sites excluding steroid dienone is 1. The van der Waals surface area contributed by atoms with Crippen LogP contribution in [0, 0.1) is 0 Å². The largest absolute Gasteiger partial charge is 0.495 e. The number of halogens is 1. The highest BCUT2D eigenvalue weighted by atomic mass is 35.5. The van der Waals surface area contributed by atoms with Crippen LogP contribution in [-0.4, -0.2) is 29.1 Å². The van der Waals surface area contributed by atoms with Crippen LogP contribution in [-0.2, 0) is 11.3 Å². The molecule has 5 nitrogen and oxygen atoms in total. The smallest absolute Gasteiger partial charge is 0.227 e. The van der Waals surface area contributed by atoms with Crippen LogP contribution in [0.5, 0.6) is 5.75 Å². The van der Waals surface area contributed by atoms with Crippen molar-refractivity contribution >= 4 is 34.2 Å². The van der Waals surface area contributed by atoms with Gasteiger partial charge in [0.2, 0.25) is 5.91 Å². The van der Waals surface area contributed by atoms with Gasteiger partial charge in [-0.1, -0.05) is 35.9 Å². The molecule has 1 aliphatic rings. The van der Waals surface area contributed by atoms with Crippen molar-refractivity contribution < 1.29 is 9.53 Å². The highest BCUT2D eigenvalue weighted by Crippen LogP contribution is 2.38. The number of rotatable bonds is 5. The lowest BCUT2D eigenvalue weighted by atomic mass is 10.1. The zero-order chi connectivity index (χ0) is 19.8. The van der Waals surface area contributed by atoms with E-state index in [0.29, 0.717) is 36.0 Å². The second-order valence-electron chi connectivity index (χ2n) is 7.22. The number of carbonyl (C=O) groups excluding carboxylic acids is 1. The number of hydrogen-bond donors (Lipinski definition) is 0. The molecule has 0 N–H and O–H groups in total. The van der Waals surface area contributed by atoms with Gasteiger partial charge < -0.3 is 14.2 Å². The molecule has 0 bridgehead atoms. The van der Waals surface area contributed by atoms with Crippen LogP contribution < -0.4 is 9.64 Å². The molecule has 4 rings (SSSR count). The lowest BCUT2D eigenvalue weighted by Crippen LogP contribution is -2.25. The van der Waals surface area contributed by atoms with E-state index in [1.807, 2.05) is 25.1 Å². The highest BCUT2D eigenvalue weighted by molar-refractivity contribution is 6.31. The van der Waals surface area contributed by atoms with E-state index in [2.05, 4.69) is 17.2 Å². The third kappa shape index (κ3) is 3.27. The molecule has 3 aromatic rings. The fourth-order valence-corrected chi connectivity index (χ4v) is 4.00. The number of imidazole rings is 1. The van der Waals surface area contributed by atoms with E-state index < -0.39 is 0 Å². The van der Waals surface area contributed by atoms with E-state index in [1.165, 1.54) is 0 Å². The molecular formula is C22H22ClN3O2. The number of ether oxygens (including phenoxy) is 1. The van der Waals surface area contributed by atoms with Gasteiger partial charge in [-0.2, -0.15) is 0 Å². The number of benzene rings is 2. The molecule has 6 heteroatoms. The Morgan fingerprint density at radius 1 is 1.32 bits per heavy atom. The maximum absolute atomic E-state index is 12.9. The molecule has 144 valence electrons. The third-order valence-corrected chi connectivity index (χ3v) is 5.27. The number of anilines is 1. The fraction of sp³-hybridized carbons (Fsp3) is 0.273. The van der Waals surface area contributed by atoms with Gasteiger partial charge in [0.25, 0.3) is 0 Å². The molecule has 2 heterocycles. The van der Waals surface area contributed by atoms with Crippen LogP contribution in [0.15, 0.2) is 54.6 Å². The summed E-state index contributed by atoms with van der Waals surface area (Å²) in [5, 5.41) is 0.571. The molecule has 0 unspecified atom stereocenters. The first-order chi connectivity index (χ1) is 13.5. The number of carbonyl (C=O) groups is 1. The van der Waals surface area contributed by atoms with E-state index in [1.54, 1.807) is 30.2 Å². The lowest BCUT2D eigenvalue weighted by molar-refractivity contribution is -0.117. The van der Waals surface area contributed by atoms with Gasteiger partial charge in [0.15, 0.2) is 0 Å². The van der Waals surface area contributed by atoms with Crippen LogP contribution in [0.2, 0.25) is 5.02 Å². The summed E-state index contributed by atoms with van der Waals surface area (Å²) < 4.78 is 7.62. The van der Waals surface area contributed by atoms with Crippen molar-refractivity contribution in [3.05, 3.63) is 65.5 Å². The van der Waals surface area contributed by atoms with Crippen molar-refractivity contribution in [1.29, 1.82) is 0 Å². The first kappa shape index (κ1) is 18.6. The molecule has 1 amide bonds. The Kier molecular flexibility index (Phi) is 4.85. The molecular weight excluding hydrogens is 374 g/mol. The van der Waals surface area contributed by atoms with Crippen LogP contribution in [0.4, 0.5) is 5.69 Å². The number of fused-ring (bicyclic) bond motifs is 1. The summed E-state index contributed by atoms with van der Waals surface area (Å²) in [5.74, 6) is 1.58. The molecule has 1 fully saturated rings. The maximum Gasteiger partial charge on any atom is 0.227 e. The number of nitrogens with zero attached hydrogens (tertiary/aromatic N) is 3. The Bertz CT molecular complexity index is 1070. The molecule has 0 spiro atoms. The van der Waals surface area contributed by atoms with Crippen LogP contribution in [0.3, 0.4) is 0 Å². The summed E-state index contributed by atoms with van der Waals surface area (Å²) in [7, 11) is 1.59. The van der Waals surface area contributed by atoms with E-state index in [4.69, 9.17) is 21.3 Å². The van der Waals surface area contributed by atoms with Gasteiger partial charge in [-0.15, -0.1) is 0 Å². The Morgan fingerprint density at radius 2 is 2.11 bits per heavy atom. The van der Waals surface area contributed by atoms with E-state index in [-0.39, 0.29) is 11.8 Å². The fourth-order valence-electron chi connectivity index (χ4n) is 3.83. The number of hydrogen-bond acceptors (Lipinski definition) is 3. The van der Waals surface area contributed by atoms with Crippen LogP contribution in [0.25, 0.3) is 11.0 Å². The summed E-state index contributed by atoms with van der Waals surface area (Å²) in [6.45, 7) is 7.28. The summed E-state index contributed by atoms with van der Waals surface area (Å²) >= 11 is 6.17. The number of aromatic nitrogens is 2. The molecule has 1 aliphatic heterocycles. The summed E-state index contributed by atoms with van der Waals surface area (Å²) in [6.07, 6.45) is 0.398. The highest BCUT2D eigenvalue weighted by Gasteiger charge is 2.36. The minimum absolute atomic E-state index is 0.0112. The van der Waals surface area contributed by atoms with Crippen LogP contribution >= 0.6 is 11.6 Å². The predicted octanol–water partition coefficient (Wildman–Crippen LogP) is 4.79. The van der Waals surface area contributed by atoms with Gasteiger partial charge in [-0.05, 0) is 37.3 Å². The summed E-state index contributed by atoms with van der Waals surface area (Å²) in [5.41, 5.74) is 3.74. The molecule has 2 aromatic carbocycles. The lowest BCUT2D eigenvalue weighted by Gasteiger charge is -2.20. The van der Waals surface area contributed by atoms with Crippen LogP contribution in [0.1, 0.15) is 25.1 Å². The van der Waals surface area contributed by atoms with Gasteiger partial charge in [0.1, 0.15) is 11.6 Å². The molecule has 1 atom stereocenters. The summed E-state index contributed by atoms with van der Waals surface area (Å²) in [6, 6.07) is 13.4. The van der Waals surface area contributed by atoms with Crippen molar-refractivity contribution in [3.63, 3.8) is 0 Å². The topological polar surface area (TPSA) is 47.4 Å². The Hall–Kier alpha value is -2.79. The predicted molar refractivity (Wildman–Crippen MR) is 112 cm³/mol. The van der Waals surface area contributed by atoms with Crippen molar-refractivity contribution in [3.8, 4) is 5.75 Å². The first-order valence-corrected chi connectivity index (χ1v) is 9.59. The van der Waals surface area contributed by atoms with Crippen molar-refractivity contribution in [2.75, 3.05) is 18.6 Å². The normalized spacial score (nSPS) is 16.8. The summed E-state index contributed by atoms with van der Waals surface area (Å²) in [4.78, 5) is 19.5. The molecule has 1 aromatic heterocycles. The van der Waals surface area contributed by atoms with Gasteiger partial charge >= 0.3 is 0 Å². The molecule has 28 heavy (non-hydrogen) atoms. The van der Waals surface area contributed by atoms with Crippen molar-refractivity contribution in [2.45, 2.75) is 25.8 Å². The Morgan fingerprint density at radius 3 is 2.86 bits per heavy atom. The zero-order valence-corrected chi connectivity index (χ0v) is 16.7. The van der Waals surface area contributed by atoms with E-state index in [9.17, 15) is 4.79 Å². The van der Waals surface area contributed by atoms with Gasteiger partial charge in [0.05, 0.1) is 23.8 Å². The Balaban J connectivity index is 1.74. The van der Waals surface area contributed by atoms with Gasteiger partial charge in [0, 0.05) is 30.5 Å². The molecule has 1 saturated heterocycles. The van der Waals surface area contributed by atoms with Gasteiger partial charge in [-0.3, -0.25) is 4.79 Å². The first-order valence-electron chi connectivity index (χ1n) is 9.21. The van der Waals surface area contributed by atoms with Crippen molar-refractivity contribution in [2.24, 2.45) is 0 Å². The number of para-hydroxylation sites is 2. The third-order valence-electron chi connectivity index (χ3n) is 5.03. The van der Waals surface area contributed by atoms with Crippen molar-refractivity contribution in [1.82, 2.24) is 9.55 Å². The molecule has 0 radical (unpaired) electrons. The second kappa shape index (κ2) is 7.32. The minimum Gasteiger partial charge on any atom is -0.495 e. The van der Waals surface area contributed by atoms with Gasteiger partial charge in [-0.25, -0.2) is 4.98 Å². The Labute approximate surface area is 169 Å². The SMILES string of the molecule is C=C(C)Cn1c([C@@H]2CC(=O)N(c3cc(Cl)ccc3OC)C2)nc2ccccc21.